The molecule has 1 atom stereocenters. The highest BCUT2D eigenvalue weighted by Gasteiger charge is 1.96. The van der Waals surface area contributed by atoms with Crippen molar-refractivity contribution >= 4 is 0 Å². The van der Waals surface area contributed by atoms with Crippen molar-refractivity contribution in [2.45, 2.75) is 13.0 Å². The summed E-state index contributed by atoms with van der Waals surface area (Å²) in [4.78, 5) is 2.09. The third-order valence-electron chi connectivity index (χ3n) is 1.97. The van der Waals surface area contributed by atoms with Crippen molar-refractivity contribution in [3.05, 3.63) is 35.9 Å². The topological polar surface area (TPSA) is 3.24 Å². The Morgan fingerprint density at radius 2 is 1.77 bits per heavy atom. The molecule has 68 valence electrons. The van der Waals surface area contributed by atoms with Crippen molar-refractivity contribution in [3.8, 4) is 11.8 Å². The summed E-state index contributed by atoms with van der Waals surface area (Å²) in [5, 5.41) is 0. The molecule has 1 unspecified atom stereocenters. The van der Waals surface area contributed by atoms with Gasteiger partial charge in [0.25, 0.3) is 0 Å². The van der Waals surface area contributed by atoms with Crippen molar-refractivity contribution in [1.82, 2.24) is 4.90 Å². The molecule has 0 aliphatic carbocycles. The van der Waals surface area contributed by atoms with Crippen LogP contribution in [0.25, 0.3) is 0 Å². The summed E-state index contributed by atoms with van der Waals surface area (Å²) in [7, 11) is 4.06. The van der Waals surface area contributed by atoms with Crippen LogP contribution in [0.1, 0.15) is 12.5 Å². The van der Waals surface area contributed by atoms with E-state index < -0.39 is 0 Å². The molecule has 0 bridgehead atoms. The average molecular weight is 173 g/mol. The number of rotatable bonds is 1. The monoisotopic (exact) mass is 173 g/mol. The van der Waals surface area contributed by atoms with E-state index in [0.29, 0.717) is 6.04 Å². The van der Waals surface area contributed by atoms with Crippen LogP contribution in [0.5, 0.6) is 0 Å². The fourth-order valence-electron chi connectivity index (χ4n) is 0.838. The molecule has 13 heavy (non-hydrogen) atoms. The van der Waals surface area contributed by atoms with Gasteiger partial charge in [-0.05, 0) is 33.2 Å². The maximum atomic E-state index is 3.17. The average Bonchev–Trinajstić information content (AvgIpc) is 2.15. The van der Waals surface area contributed by atoms with E-state index in [2.05, 4.69) is 23.7 Å². The molecule has 0 spiro atoms. The molecule has 0 aliphatic rings. The minimum Gasteiger partial charge on any atom is -0.296 e. The Labute approximate surface area is 80.4 Å². The second-order valence-corrected chi connectivity index (χ2v) is 3.27. The van der Waals surface area contributed by atoms with Gasteiger partial charge in [0.05, 0.1) is 6.04 Å². The molecule has 1 rings (SSSR count). The molecular formula is C12H15N. The minimum atomic E-state index is 0.306. The molecule has 0 heterocycles. The summed E-state index contributed by atoms with van der Waals surface area (Å²) in [6.07, 6.45) is 0. The van der Waals surface area contributed by atoms with E-state index in [1.165, 1.54) is 0 Å². The second-order valence-electron chi connectivity index (χ2n) is 3.27. The van der Waals surface area contributed by atoms with E-state index in [-0.39, 0.29) is 0 Å². The predicted molar refractivity (Wildman–Crippen MR) is 56.5 cm³/mol. The zero-order chi connectivity index (χ0) is 9.68. The first kappa shape index (κ1) is 9.83. The maximum absolute atomic E-state index is 3.17. The fourth-order valence-corrected chi connectivity index (χ4v) is 0.838. The van der Waals surface area contributed by atoms with E-state index in [0.717, 1.165) is 5.56 Å². The summed E-state index contributed by atoms with van der Waals surface area (Å²) in [5.74, 6) is 6.31. The van der Waals surface area contributed by atoms with E-state index in [1.54, 1.807) is 0 Å². The predicted octanol–water partition coefficient (Wildman–Crippen LogP) is 1.99. The van der Waals surface area contributed by atoms with Gasteiger partial charge < -0.3 is 0 Å². The van der Waals surface area contributed by atoms with Crippen LogP contribution >= 0.6 is 0 Å². The SMILES string of the molecule is CC(C#Cc1ccccc1)N(C)C. The summed E-state index contributed by atoms with van der Waals surface area (Å²) >= 11 is 0. The van der Waals surface area contributed by atoms with Crippen LogP contribution in [0.4, 0.5) is 0 Å². The lowest BCUT2D eigenvalue weighted by Crippen LogP contribution is -2.22. The fraction of sp³-hybridized carbons (Fsp3) is 0.333. The summed E-state index contributed by atoms with van der Waals surface area (Å²) in [6.45, 7) is 2.09. The van der Waals surface area contributed by atoms with Crippen LogP contribution < -0.4 is 0 Å². The van der Waals surface area contributed by atoms with Crippen molar-refractivity contribution in [2.24, 2.45) is 0 Å². The Hall–Kier alpha value is -1.26. The Morgan fingerprint density at radius 3 is 2.31 bits per heavy atom. The van der Waals surface area contributed by atoms with Crippen LogP contribution in [0, 0.1) is 11.8 Å². The molecule has 0 N–H and O–H groups in total. The molecule has 1 nitrogen and oxygen atoms in total. The van der Waals surface area contributed by atoms with Crippen LogP contribution in [0.3, 0.4) is 0 Å². The van der Waals surface area contributed by atoms with Crippen LogP contribution in [0.2, 0.25) is 0 Å². The summed E-state index contributed by atoms with van der Waals surface area (Å²) in [6, 6.07) is 10.4. The Bertz CT molecular complexity index is 303. The zero-order valence-electron chi connectivity index (χ0n) is 8.41. The van der Waals surface area contributed by atoms with Gasteiger partial charge in [0.1, 0.15) is 0 Å². The first-order valence-electron chi connectivity index (χ1n) is 4.43. The molecular weight excluding hydrogens is 158 g/mol. The molecule has 0 saturated heterocycles. The van der Waals surface area contributed by atoms with E-state index in [9.17, 15) is 0 Å². The molecule has 1 aromatic rings. The third kappa shape index (κ3) is 3.31. The van der Waals surface area contributed by atoms with Gasteiger partial charge in [-0.3, -0.25) is 4.90 Å². The first-order valence-corrected chi connectivity index (χ1v) is 4.43. The van der Waals surface area contributed by atoms with Crippen LogP contribution in [-0.2, 0) is 0 Å². The lowest BCUT2D eigenvalue weighted by molar-refractivity contribution is 0.373. The van der Waals surface area contributed by atoms with Gasteiger partial charge in [-0.1, -0.05) is 30.0 Å². The smallest absolute Gasteiger partial charge is 0.0684 e. The van der Waals surface area contributed by atoms with Gasteiger partial charge in [0.15, 0.2) is 0 Å². The van der Waals surface area contributed by atoms with Gasteiger partial charge in [-0.2, -0.15) is 0 Å². The van der Waals surface area contributed by atoms with Crippen molar-refractivity contribution in [3.63, 3.8) is 0 Å². The maximum Gasteiger partial charge on any atom is 0.0684 e. The van der Waals surface area contributed by atoms with E-state index >= 15 is 0 Å². The number of benzene rings is 1. The van der Waals surface area contributed by atoms with Crippen LogP contribution in [-0.4, -0.2) is 25.0 Å². The normalized spacial score (nSPS) is 12.0. The van der Waals surface area contributed by atoms with Gasteiger partial charge in [-0.15, -0.1) is 0 Å². The molecule has 0 radical (unpaired) electrons. The van der Waals surface area contributed by atoms with Gasteiger partial charge in [0.2, 0.25) is 0 Å². The van der Waals surface area contributed by atoms with Gasteiger partial charge >= 0.3 is 0 Å². The lowest BCUT2D eigenvalue weighted by Gasteiger charge is -2.12. The van der Waals surface area contributed by atoms with Crippen LogP contribution in [0.15, 0.2) is 30.3 Å². The lowest BCUT2D eigenvalue weighted by atomic mass is 10.2. The summed E-state index contributed by atoms with van der Waals surface area (Å²) < 4.78 is 0. The highest BCUT2D eigenvalue weighted by molar-refractivity contribution is 5.34. The quantitative estimate of drug-likeness (QED) is 0.587. The second kappa shape index (κ2) is 4.69. The Morgan fingerprint density at radius 1 is 1.15 bits per heavy atom. The van der Waals surface area contributed by atoms with Gasteiger partial charge in [-0.25, -0.2) is 0 Å². The van der Waals surface area contributed by atoms with E-state index in [1.807, 2.05) is 44.4 Å². The zero-order valence-corrected chi connectivity index (χ0v) is 8.41. The highest BCUT2D eigenvalue weighted by atomic mass is 15.1. The highest BCUT2D eigenvalue weighted by Crippen LogP contribution is 1.96. The third-order valence-corrected chi connectivity index (χ3v) is 1.97. The molecule has 0 saturated carbocycles. The van der Waals surface area contributed by atoms with E-state index in [4.69, 9.17) is 0 Å². The number of nitrogens with zero attached hydrogens (tertiary/aromatic N) is 1. The van der Waals surface area contributed by atoms with Crippen molar-refractivity contribution in [2.75, 3.05) is 14.1 Å². The molecule has 0 fully saturated rings. The molecule has 1 heteroatoms. The molecule has 0 aliphatic heterocycles. The standard InChI is InChI=1S/C12H15N/c1-11(13(2)3)9-10-12-7-5-4-6-8-12/h4-8,11H,1-3H3. The number of hydrogen-bond donors (Lipinski definition) is 0. The van der Waals surface area contributed by atoms with Crippen molar-refractivity contribution < 1.29 is 0 Å². The number of hydrogen-bond acceptors (Lipinski definition) is 1. The minimum absolute atomic E-state index is 0.306. The molecule has 0 aromatic heterocycles. The summed E-state index contributed by atoms with van der Waals surface area (Å²) in [5.41, 5.74) is 1.08. The Kier molecular flexibility index (Phi) is 3.54. The Balaban J connectivity index is 2.68. The molecule has 1 aromatic carbocycles. The largest absolute Gasteiger partial charge is 0.296 e. The van der Waals surface area contributed by atoms with Gasteiger partial charge in [0, 0.05) is 5.56 Å². The first-order chi connectivity index (χ1) is 6.20. The van der Waals surface area contributed by atoms with Crippen molar-refractivity contribution in [1.29, 1.82) is 0 Å². The molecule has 0 amide bonds.